The first-order valence-electron chi connectivity index (χ1n) is 8.41. The quantitative estimate of drug-likeness (QED) is 0.658. The third kappa shape index (κ3) is 4.60. The van der Waals surface area contributed by atoms with Crippen LogP contribution >= 0.6 is 0 Å². The largest absolute Gasteiger partial charge is 0.489 e. The summed E-state index contributed by atoms with van der Waals surface area (Å²) >= 11 is 0. The fourth-order valence-corrected chi connectivity index (χ4v) is 2.69. The zero-order valence-electron chi connectivity index (χ0n) is 15.7. The second-order valence-electron chi connectivity index (χ2n) is 8.49. The lowest BCUT2D eigenvalue weighted by molar-refractivity contribution is 0.296. The van der Waals surface area contributed by atoms with Crippen molar-refractivity contribution >= 4 is 0 Å². The van der Waals surface area contributed by atoms with Crippen molar-refractivity contribution in [2.75, 3.05) is 0 Å². The second kappa shape index (κ2) is 6.39. The number of hydrogen-bond donors (Lipinski definition) is 0. The average molecular weight is 310 g/mol. The Bertz CT molecular complexity index is 669. The molecular weight excluding hydrogens is 280 g/mol. The summed E-state index contributed by atoms with van der Waals surface area (Å²) in [6.07, 6.45) is 0. The molecule has 0 bridgehead atoms. The van der Waals surface area contributed by atoms with Gasteiger partial charge in [0.15, 0.2) is 0 Å². The summed E-state index contributed by atoms with van der Waals surface area (Å²) < 4.78 is 6.24. The van der Waals surface area contributed by atoms with E-state index in [9.17, 15) is 0 Å². The fraction of sp³-hybridized carbons (Fsp3) is 0.455. The van der Waals surface area contributed by atoms with Crippen LogP contribution in [0.4, 0.5) is 0 Å². The summed E-state index contributed by atoms with van der Waals surface area (Å²) in [4.78, 5) is 0. The molecule has 23 heavy (non-hydrogen) atoms. The molecule has 0 aliphatic rings. The first-order valence-corrected chi connectivity index (χ1v) is 8.41. The molecule has 0 fully saturated rings. The fourth-order valence-electron chi connectivity index (χ4n) is 2.69. The third-order valence-electron chi connectivity index (χ3n) is 4.13. The predicted octanol–water partition coefficient (Wildman–Crippen LogP) is 6.17. The Morgan fingerprint density at radius 1 is 0.826 bits per heavy atom. The number of aryl methyl sites for hydroxylation is 1. The molecule has 124 valence electrons. The van der Waals surface area contributed by atoms with Gasteiger partial charge < -0.3 is 4.74 Å². The maximum Gasteiger partial charge on any atom is 0.123 e. The van der Waals surface area contributed by atoms with E-state index in [0.717, 1.165) is 5.75 Å². The highest BCUT2D eigenvalue weighted by molar-refractivity contribution is 5.43. The van der Waals surface area contributed by atoms with Crippen molar-refractivity contribution in [2.24, 2.45) is 0 Å². The smallest absolute Gasteiger partial charge is 0.123 e. The van der Waals surface area contributed by atoms with Crippen molar-refractivity contribution < 1.29 is 4.74 Å². The molecular formula is C22H30O. The molecule has 0 N–H and O–H groups in total. The normalized spacial score (nSPS) is 12.3. The van der Waals surface area contributed by atoms with Gasteiger partial charge in [-0.2, -0.15) is 0 Å². The lowest BCUT2D eigenvalue weighted by Gasteiger charge is -2.26. The van der Waals surface area contributed by atoms with Crippen LogP contribution in [0.1, 0.15) is 63.8 Å². The van der Waals surface area contributed by atoms with E-state index in [4.69, 9.17) is 4.74 Å². The summed E-state index contributed by atoms with van der Waals surface area (Å²) in [5.74, 6) is 1.01. The van der Waals surface area contributed by atoms with E-state index in [0.29, 0.717) is 6.61 Å². The molecule has 0 aliphatic carbocycles. The van der Waals surface area contributed by atoms with Crippen molar-refractivity contribution in [3.63, 3.8) is 0 Å². The summed E-state index contributed by atoms with van der Waals surface area (Å²) in [5.41, 5.74) is 5.25. The van der Waals surface area contributed by atoms with E-state index in [-0.39, 0.29) is 10.8 Å². The van der Waals surface area contributed by atoms with Gasteiger partial charge in [-0.25, -0.2) is 0 Å². The molecule has 2 aromatic carbocycles. The molecule has 1 nitrogen and oxygen atoms in total. The van der Waals surface area contributed by atoms with E-state index in [1.165, 1.54) is 22.3 Å². The van der Waals surface area contributed by atoms with Gasteiger partial charge in [0.2, 0.25) is 0 Å². The number of rotatable bonds is 3. The van der Waals surface area contributed by atoms with Gasteiger partial charge in [0.05, 0.1) is 0 Å². The molecule has 0 unspecified atom stereocenters. The standard InChI is InChI=1S/C22H30O/c1-16-9-8-10-17(13-16)15-23-20-14-18(21(2,3)4)11-12-19(20)22(5,6)7/h8-14H,15H2,1-7H3. The zero-order valence-corrected chi connectivity index (χ0v) is 15.7. The van der Waals surface area contributed by atoms with Crippen LogP contribution < -0.4 is 4.74 Å². The van der Waals surface area contributed by atoms with Crippen LogP contribution in [0, 0.1) is 6.92 Å². The highest BCUT2D eigenvalue weighted by Crippen LogP contribution is 2.35. The second-order valence-corrected chi connectivity index (χ2v) is 8.49. The topological polar surface area (TPSA) is 9.23 Å². The minimum atomic E-state index is 0.0678. The Morgan fingerprint density at radius 3 is 2.09 bits per heavy atom. The predicted molar refractivity (Wildman–Crippen MR) is 99.4 cm³/mol. The molecule has 0 atom stereocenters. The molecule has 0 radical (unpaired) electrons. The van der Waals surface area contributed by atoms with E-state index >= 15 is 0 Å². The molecule has 0 saturated heterocycles. The molecule has 0 heterocycles. The van der Waals surface area contributed by atoms with Gasteiger partial charge in [0.1, 0.15) is 12.4 Å². The van der Waals surface area contributed by atoms with Gasteiger partial charge in [0, 0.05) is 0 Å². The van der Waals surface area contributed by atoms with Crippen LogP contribution in [-0.2, 0) is 17.4 Å². The number of ether oxygens (including phenoxy) is 1. The van der Waals surface area contributed by atoms with E-state index in [2.05, 4.69) is 90.9 Å². The monoisotopic (exact) mass is 310 g/mol. The van der Waals surface area contributed by atoms with Crippen molar-refractivity contribution in [1.82, 2.24) is 0 Å². The highest BCUT2D eigenvalue weighted by atomic mass is 16.5. The van der Waals surface area contributed by atoms with Crippen molar-refractivity contribution in [3.8, 4) is 5.75 Å². The Hall–Kier alpha value is -1.76. The Labute approximate surface area is 141 Å². The molecule has 0 aliphatic heterocycles. The van der Waals surface area contributed by atoms with Gasteiger partial charge in [-0.05, 0) is 40.5 Å². The van der Waals surface area contributed by atoms with Crippen LogP contribution in [0.5, 0.6) is 5.75 Å². The maximum absolute atomic E-state index is 6.24. The SMILES string of the molecule is Cc1cccc(COc2cc(C(C)(C)C)ccc2C(C)(C)C)c1. The van der Waals surface area contributed by atoms with Gasteiger partial charge in [-0.3, -0.25) is 0 Å². The first kappa shape index (κ1) is 17.6. The maximum atomic E-state index is 6.24. The van der Waals surface area contributed by atoms with Crippen LogP contribution in [-0.4, -0.2) is 0 Å². The Kier molecular flexibility index (Phi) is 4.89. The van der Waals surface area contributed by atoms with Crippen LogP contribution in [0.2, 0.25) is 0 Å². The number of hydrogen-bond acceptors (Lipinski definition) is 1. The Balaban J connectivity index is 2.34. The summed E-state index contributed by atoms with van der Waals surface area (Å²) in [6.45, 7) is 16.1. The van der Waals surface area contributed by atoms with Crippen LogP contribution in [0.3, 0.4) is 0 Å². The van der Waals surface area contributed by atoms with Gasteiger partial charge >= 0.3 is 0 Å². The van der Waals surface area contributed by atoms with E-state index in [1.54, 1.807) is 0 Å². The van der Waals surface area contributed by atoms with Crippen LogP contribution in [0.15, 0.2) is 42.5 Å². The molecule has 2 aromatic rings. The summed E-state index contributed by atoms with van der Waals surface area (Å²) in [5, 5.41) is 0. The van der Waals surface area contributed by atoms with Crippen molar-refractivity contribution in [2.45, 2.75) is 65.9 Å². The minimum absolute atomic E-state index is 0.0678. The minimum Gasteiger partial charge on any atom is -0.489 e. The van der Waals surface area contributed by atoms with E-state index in [1.807, 2.05) is 0 Å². The Morgan fingerprint density at radius 2 is 1.52 bits per heavy atom. The van der Waals surface area contributed by atoms with E-state index < -0.39 is 0 Å². The van der Waals surface area contributed by atoms with Gasteiger partial charge in [-0.15, -0.1) is 0 Å². The number of benzene rings is 2. The van der Waals surface area contributed by atoms with Gasteiger partial charge in [-0.1, -0.05) is 83.5 Å². The lowest BCUT2D eigenvalue weighted by atomic mass is 9.81. The lowest BCUT2D eigenvalue weighted by Crippen LogP contribution is -2.16. The molecule has 0 spiro atoms. The van der Waals surface area contributed by atoms with Crippen molar-refractivity contribution in [1.29, 1.82) is 0 Å². The third-order valence-corrected chi connectivity index (χ3v) is 4.13. The van der Waals surface area contributed by atoms with Crippen molar-refractivity contribution in [3.05, 3.63) is 64.7 Å². The summed E-state index contributed by atoms with van der Waals surface area (Å²) in [6, 6.07) is 15.2. The first-order chi connectivity index (χ1) is 10.6. The molecule has 1 heteroatoms. The zero-order chi connectivity index (χ0) is 17.3. The molecule has 2 rings (SSSR count). The molecule has 0 aromatic heterocycles. The highest BCUT2D eigenvalue weighted by Gasteiger charge is 2.22. The van der Waals surface area contributed by atoms with Crippen LogP contribution in [0.25, 0.3) is 0 Å². The molecule has 0 saturated carbocycles. The average Bonchev–Trinajstić information content (AvgIpc) is 2.43. The summed E-state index contributed by atoms with van der Waals surface area (Å²) in [7, 11) is 0. The van der Waals surface area contributed by atoms with Gasteiger partial charge in [0.25, 0.3) is 0 Å². The molecule has 0 amide bonds.